The van der Waals surface area contributed by atoms with Crippen molar-refractivity contribution in [3.05, 3.63) is 82.9 Å². The van der Waals surface area contributed by atoms with Gasteiger partial charge in [-0.3, -0.25) is 4.79 Å². The molecule has 2 atom stereocenters. The Labute approximate surface area is 176 Å². The van der Waals surface area contributed by atoms with Crippen molar-refractivity contribution in [2.45, 2.75) is 11.8 Å². The Morgan fingerprint density at radius 3 is 1.80 bits per heavy atom. The van der Waals surface area contributed by atoms with Gasteiger partial charge in [0.2, 0.25) is 0 Å². The first-order valence-electron chi connectivity index (χ1n) is 9.69. The van der Waals surface area contributed by atoms with Gasteiger partial charge in [-0.25, -0.2) is 0 Å². The summed E-state index contributed by atoms with van der Waals surface area (Å²) in [6.07, 6.45) is 0. The number of benzene rings is 3. The minimum Gasteiger partial charge on any atom is -0.497 e. The van der Waals surface area contributed by atoms with E-state index in [-0.39, 0.29) is 11.7 Å². The molecule has 4 rings (SSSR count). The van der Waals surface area contributed by atoms with Crippen LogP contribution in [-0.4, -0.2) is 34.2 Å². The van der Waals surface area contributed by atoms with Crippen molar-refractivity contribution in [3.63, 3.8) is 0 Å². The molecular weight excluding hydrogens is 380 g/mol. The third-order valence-electron chi connectivity index (χ3n) is 5.66. The SMILES string of the molecule is COc1cc(OC)cc([C@@H]2C(=O)c3cc(OC)cc(OC)c3[C@H]2c2ccccc2)c1. The maximum absolute atomic E-state index is 13.7. The number of Topliss-reactive ketones (excluding diaryl/α,β-unsaturated/α-hetero) is 1. The molecule has 0 N–H and O–H groups in total. The number of ketones is 1. The maximum atomic E-state index is 13.7. The second-order valence-electron chi connectivity index (χ2n) is 7.17. The molecule has 154 valence electrons. The molecule has 3 aromatic rings. The van der Waals surface area contributed by atoms with E-state index in [9.17, 15) is 4.79 Å². The van der Waals surface area contributed by atoms with E-state index in [1.54, 1.807) is 40.6 Å². The van der Waals surface area contributed by atoms with Crippen LogP contribution in [0, 0.1) is 0 Å². The van der Waals surface area contributed by atoms with Gasteiger partial charge in [-0.2, -0.15) is 0 Å². The third kappa shape index (κ3) is 3.26. The summed E-state index contributed by atoms with van der Waals surface area (Å²) in [7, 11) is 6.40. The fourth-order valence-corrected chi connectivity index (χ4v) is 4.27. The van der Waals surface area contributed by atoms with Gasteiger partial charge in [-0.05, 0) is 29.3 Å². The summed E-state index contributed by atoms with van der Waals surface area (Å²) in [5, 5.41) is 0. The van der Waals surface area contributed by atoms with Crippen LogP contribution in [0.4, 0.5) is 0 Å². The zero-order valence-corrected chi connectivity index (χ0v) is 17.5. The van der Waals surface area contributed by atoms with Crippen LogP contribution >= 0.6 is 0 Å². The van der Waals surface area contributed by atoms with E-state index in [1.807, 2.05) is 48.5 Å². The van der Waals surface area contributed by atoms with Gasteiger partial charge in [0, 0.05) is 29.2 Å². The summed E-state index contributed by atoms with van der Waals surface area (Å²) in [6, 6.07) is 19.3. The van der Waals surface area contributed by atoms with Crippen molar-refractivity contribution in [3.8, 4) is 23.0 Å². The first-order chi connectivity index (χ1) is 14.6. The molecule has 5 nitrogen and oxygen atoms in total. The van der Waals surface area contributed by atoms with Crippen molar-refractivity contribution >= 4 is 5.78 Å². The van der Waals surface area contributed by atoms with Gasteiger partial charge >= 0.3 is 0 Å². The number of fused-ring (bicyclic) bond motifs is 1. The molecule has 0 fully saturated rings. The quantitative estimate of drug-likeness (QED) is 0.589. The van der Waals surface area contributed by atoms with E-state index in [1.165, 1.54) is 0 Å². The van der Waals surface area contributed by atoms with Gasteiger partial charge in [0.25, 0.3) is 0 Å². The monoisotopic (exact) mass is 404 g/mol. The van der Waals surface area contributed by atoms with Crippen LogP contribution in [0.15, 0.2) is 60.7 Å². The number of carbonyl (C=O) groups excluding carboxylic acids is 1. The standard InChI is InChI=1S/C25H24O5/c1-27-17-10-16(11-18(12-17)28-2)23-22(15-8-6-5-7-9-15)24-20(25(23)26)13-19(29-3)14-21(24)30-4/h5-14,22-23H,1-4H3/t22-,23-/m0/s1. The van der Waals surface area contributed by atoms with Gasteiger partial charge in [0.1, 0.15) is 23.0 Å². The molecule has 0 aromatic heterocycles. The maximum Gasteiger partial charge on any atom is 0.171 e. The highest BCUT2D eigenvalue weighted by Gasteiger charge is 2.44. The van der Waals surface area contributed by atoms with Gasteiger partial charge in [0.15, 0.2) is 5.78 Å². The lowest BCUT2D eigenvalue weighted by molar-refractivity contribution is 0.0968. The van der Waals surface area contributed by atoms with Crippen molar-refractivity contribution in [2.24, 2.45) is 0 Å². The fraction of sp³-hybridized carbons (Fsp3) is 0.240. The number of hydrogen-bond donors (Lipinski definition) is 0. The second-order valence-corrected chi connectivity index (χ2v) is 7.17. The molecule has 0 bridgehead atoms. The van der Waals surface area contributed by atoms with E-state index in [2.05, 4.69) is 0 Å². The van der Waals surface area contributed by atoms with Gasteiger partial charge in [-0.1, -0.05) is 30.3 Å². The van der Waals surface area contributed by atoms with Crippen LogP contribution in [-0.2, 0) is 0 Å². The lowest BCUT2D eigenvalue weighted by Gasteiger charge is -2.22. The minimum atomic E-state index is -0.438. The lowest BCUT2D eigenvalue weighted by Crippen LogP contribution is -2.13. The molecule has 0 heterocycles. The highest BCUT2D eigenvalue weighted by Crippen LogP contribution is 2.52. The number of methoxy groups -OCH3 is 4. The smallest absolute Gasteiger partial charge is 0.171 e. The van der Waals surface area contributed by atoms with Crippen LogP contribution in [0.2, 0.25) is 0 Å². The molecular formula is C25H24O5. The topological polar surface area (TPSA) is 54.0 Å². The molecule has 0 radical (unpaired) electrons. The summed E-state index contributed by atoms with van der Waals surface area (Å²) in [6.45, 7) is 0. The van der Waals surface area contributed by atoms with E-state index >= 15 is 0 Å². The van der Waals surface area contributed by atoms with Gasteiger partial charge in [-0.15, -0.1) is 0 Å². The summed E-state index contributed by atoms with van der Waals surface area (Å²) >= 11 is 0. The van der Waals surface area contributed by atoms with E-state index in [0.29, 0.717) is 28.6 Å². The Kier molecular flexibility index (Phi) is 5.36. The predicted molar refractivity (Wildman–Crippen MR) is 114 cm³/mol. The molecule has 1 aliphatic carbocycles. The molecule has 30 heavy (non-hydrogen) atoms. The van der Waals surface area contributed by atoms with Crippen LogP contribution in [0.3, 0.4) is 0 Å². The van der Waals surface area contributed by atoms with Gasteiger partial charge < -0.3 is 18.9 Å². The summed E-state index contributed by atoms with van der Waals surface area (Å²) in [5.74, 6) is 1.90. The van der Waals surface area contributed by atoms with Crippen molar-refractivity contribution < 1.29 is 23.7 Å². The zero-order valence-electron chi connectivity index (χ0n) is 17.5. The molecule has 0 saturated heterocycles. The van der Waals surface area contributed by atoms with Crippen LogP contribution in [0.1, 0.15) is 38.9 Å². The Bertz CT molecular complexity index is 1050. The molecule has 0 amide bonds. The van der Waals surface area contributed by atoms with Crippen LogP contribution in [0.5, 0.6) is 23.0 Å². The molecule has 0 saturated carbocycles. The second kappa shape index (κ2) is 8.11. The Morgan fingerprint density at radius 2 is 1.23 bits per heavy atom. The molecule has 0 aliphatic heterocycles. The minimum absolute atomic E-state index is 0.0198. The zero-order chi connectivity index (χ0) is 21.3. The fourth-order valence-electron chi connectivity index (χ4n) is 4.27. The van der Waals surface area contributed by atoms with Crippen LogP contribution in [0.25, 0.3) is 0 Å². The molecule has 1 aliphatic rings. The summed E-state index contributed by atoms with van der Waals surface area (Å²) in [5.41, 5.74) is 3.37. The highest BCUT2D eigenvalue weighted by atomic mass is 16.5. The van der Waals surface area contributed by atoms with E-state index in [0.717, 1.165) is 16.7 Å². The summed E-state index contributed by atoms with van der Waals surface area (Å²) < 4.78 is 22.0. The summed E-state index contributed by atoms with van der Waals surface area (Å²) in [4.78, 5) is 13.7. The van der Waals surface area contributed by atoms with Crippen molar-refractivity contribution in [2.75, 3.05) is 28.4 Å². The van der Waals surface area contributed by atoms with E-state index < -0.39 is 5.92 Å². The van der Waals surface area contributed by atoms with Crippen molar-refractivity contribution in [1.29, 1.82) is 0 Å². The highest BCUT2D eigenvalue weighted by molar-refractivity contribution is 6.08. The average molecular weight is 404 g/mol. The Balaban J connectivity index is 1.97. The molecule has 5 heteroatoms. The average Bonchev–Trinajstić information content (AvgIpc) is 3.10. The number of rotatable bonds is 6. The first kappa shape index (κ1) is 19.8. The molecule has 3 aromatic carbocycles. The van der Waals surface area contributed by atoms with Crippen LogP contribution < -0.4 is 18.9 Å². The Morgan fingerprint density at radius 1 is 0.633 bits per heavy atom. The van der Waals surface area contributed by atoms with E-state index in [4.69, 9.17) is 18.9 Å². The first-order valence-corrected chi connectivity index (χ1v) is 9.69. The molecule has 0 unspecified atom stereocenters. The largest absolute Gasteiger partial charge is 0.497 e. The van der Waals surface area contributed by atoms with Crippen molar-refractivity contribution in [1.82, 2.24) is 0 Å². The predicted octanol–water partition coefficient (Wildman–Crippen LogP) is 4.83. The number of ether oxygens (including phenoxy) is 4. The number of hydrogen-bond acceptors (Lipinski definition) is 5. The Hall–Kier alpha value is -3.47. The normalized spacial score (nSPS) is 17.4. The lowest BCUT2D eigenvalue weighted by atomic mass is 9.81. The number of carbonyl (C=O) groups is 1. The molecule has 0 spiro atoms. The van der Waals surface area contributed by atoms with Gasteiger partial charge in [0.05, 0.1) is 34.4 Å². The third-order valence-corrected chi connectivity index (χ3v) is 5.66.